The maximum Gasteiger partial charge on any atom is 0.112 e. The van der Waals surface area contributed by atoms with Gasteiger partial charge in [0, 0.05) is 30.3 Å². The molecular weight excluding hydrogens is 356 g/mol. The van der Waals surface area contributed by atoms with Crippen LogP contribution in [-0.4, -0.2) is 29.0 Å². The zero-order valence-electron chi connectivity index (χ0n) is 18.4. The number of aliphatic imine (C=N–C) groups is 1. The third-order valence-corrected chi connectivity index (χ3v) is 8.60. The largest absolute Gasteiger partial charge is 0.393 e. The topological polar surface area (TPSA) is 35.8 Å². The van der Waals surface area contributed by atoms with Crippen LogP contribution in [0, 0.1) is 29.6 Å². The Morgan fingerprint density at radius 1 is 1.07 bits per heavy atom. The van der Waals surface area contributed by atoms with Gasteiger partial charge in [-0.1, -0.05) is 37.8 Å². The molecule has 4 aliphatic carbocycles. The quantitative estimate of drug-likeness (QED) is 0.653. The van der Waals surface area contributed by atoms with E-state index in [1.165, 1.54) is 86.2 Å². The lowest BCUT2D eigenvalue weighted by atomic mass is 9.63. The zero-order chi connectivity index (χ0) is 20.1. The number of aliphatic hydroxyl groups is 1. The fourth-order valence-electron chi connectivity index (χ4n) is 6.94. The summed E-state index contributed by atoms with van der Waals surface area (Å²) < 4.78 is 0. The first-order chi connectivity index (χ1) is 14.0. The summed E-state index contributed by atoms with van der Waals surface area (Å²) in [5.74, 6) is 4.20. The molecule has 4 fully saturated rings. The number of nitrogens with zero attached hydrogens (tertiary/aromatic N) is 2. The number of hydrogen-bond acceptors (Lipinski definition) is 3. The summed E-state index contributed by atoms with van der Waals surface area (Å²) in [5, 5.41) is 10.4. The van der Waals surface area contributed by atoms with E-state index in [-0.39, 0.29) is 6.10 Å². The SMILES string of the molecule is C=C(/C=C1/C2CC2=C(C)N=C(C2C3CCCC2CC(O)C3)N1C)C1CCCCC1. The summed E-state index contributed by atoms with van der Waals surface area (Å²) in [6, 6.07) is 0. The van der Waals surface area contributed by atoms with Crippen molar-refractivity contribution in [2.24, 2.45) is 34.6 Å². The predicted octanol–water partition coefficient (Wildman–Crippen LogP) is 5.83. The van der Waals surface area contributed by atoms with Crippen molar-refractivity contribution in [1.82, 2.24) is 4.90 Å². The molecule has 29 heavy (non-hydrogen) atoms. The molecule has 0 aromatic carbocycles. The van der Waals surface area contributed by atoms with Gasteiger partial charge in [0.05, 0.1) is 6.10 Å². The van der Waals surface area contributed by atoms with E-state index in [0.29, 0.717) is 29.6 Å². The number of fused-ring (bicyclic) bond motifs is 3. The molecule has 0 saturated heterocycles. The van der Waals surface area contributed by atoms with Gasteiger partial charge in [-0.25, -0.2) is 4.99 Å². The average Bonchev–Trinajstić information content (AvgIpc) is 3.50. The molecule has 4 saturated carbocycles. The molecule has 1 aliphatic heterocycles. The number of aliphatic hydroxyl groups excluding tert-OH is 1. The molecule has 3 nitrogen and oxygen atoms in total. The van der Waals surface area contributed by atoms with Gasteiger partial charge in [0.15, 0.2) is 0 Å². The van der Waals surface area contributed by atoms with Gasteiger partial charge in [-0.05, 0) is 81.3 Å². The van der Waals surface area contributed by atoms with Gasteiger partial charge in [0.2, 0.25) is 0 Å². The minimum Gasteiger partial charge on any atom is -0.393 e. The smallest absolute Gasteiger partial charge is 0.112 e. The first-order valence-corrected chi connectivity index (χ1v) is 12.1. The third kappa shape index (κ3) is 3.65. The van der Waals surface area contributed by atoms with Gasteiger partial charge in [0.25, 0.3) is 0 Å². The van der Waals surface area contributed by atoms with Crippen molar-refractivity contribution < 1.29 is 5.11 Å². The molecule has 1 heterocycles. The Balaban J connectivity index is 1.46. The third-order valence-electron chi connectivity index (χ3n) is 8.60. The zero-order valence-corrected chi connectivity index (χ0v) is 18.4. The van der Waals surface area contributed by atoms with Crippen LogP contribution in [-0.2, 0) is 0 Å². The monoisotopic (exact) mass is 394 g/mol. The van der Waals surface area contributed by atoms with Gasteiger partial charge in [-0.3, -0.25) is 0 Å². The molecule has 0 spiro atoms. The summed E-state index contributed by atoms with van der Waals surface area (Å²) in [4.78, 5) is 7.71. The summed E-state index contributed by atoms with van der Waals surface area (Å²) in [6.07, 6.45) is 16.0. The van der Waals surface area contributed by atoms with Gasteiger partial charge < -0.3 is 10.0 Å². The lowest BCUT2D eigenvalue weighted by molar-refractivity contribution is 0.0202. The van der Waals surface area contributed by atoms with Gasteiger partial charge in [-0.2, -0.15) is 0 Å². The van der Waals surface area contributed by atoms with E-state index in [0.717, 1.165) is 12.8 Å². The van der Waals surface area contributed by atoms with E-state index in [2.05, 4.69) is 31.5 Å². The molecule has 1 N–H and O–H groups in total. The fraction of sp³-hybridized carbons (Fsp3) is 0.731. The maximum absolute atomic E-state index is 10.4. The van der Waals surface area contributed by atoms with Crippen LogP contribution in [0.4, 0.5) is 0 Å². The second-order valence-corrected chi connectivity index (χ2v) is 10.5. The normalized spacial score (nSPS) is 39.1. The van der Waals surface area contributed by atoms with E-state index < -0.39 is 0 Å². The molecule has 5 aliphatic rings. The molecule has 3 unspecified atom stereocenters. The van der Waals surface area contributed by atoms with Crippen molar-refractivity contribution in [3.63, 3.8) is 0 Å². The van der Waals surface area contributed by atoms with Crippen molar-refractivity contribution in [2.45, 2.75) is 83.7 Å². The fourth-order valence-corrected chi connectivity index (χ4v) is 6.94. The number of amidine groups is 1. The lowest BCUT2D eigenvalue weighted by Crippen LogP contribution is -2.47. The van der Waals surface area contributed by atoms with E-state index >= 15 is 0 Å². The molecule has 0 aromatic rings. The highest BCUT2D eigenvalue weighted by molar-refractivity contribution is 5.89. The Kier molecular flexibility index (Phi) is 5.22. The highest BCUT2D eigenvalue weighted by Crippen LogP contribution is 2.52. The van der Waals surface area contributed by atoms with Crippen LogP contribution in [0.3, 0.4) is 0 Å². The summed E-state index contributed by atoms with van der Waals surface area (Å²) in [6.45, 7) is 6.74. The van der Waals surface area contributed by atoms with Crippen LogP contribution in [0.2, 0.25) is 0 Å². The Morgan fingerprint density at radius 3 is 2.45 bits per heavy atom. The van der Waals surface area contributed by atoms with Crippen LogP contribution < -0.4 is 0 Å². The Bertz CT molecular complexity index is 756. The van der Waals surface area contributed by atoms with Crippen LogP contribution in [0.15, 0.2) is 40.2 Å². The summed E-state index contributed by atoms with van der Waals surface area (Å²) in [5.41, 5.74) is 5.58. The summed E-state index contributed by atoms with van der Waals surface area (Å²) in [7, 11) is 2.26. The second-order valence-electron chi connectivity index (χ2n) is 10.5. The number of hydrogen-bond donors (Lipinski definition) is 1. The van der Waals surface area contributed by atoms with Crippen molar-refractivity contribution in [3.05, 3.63) is 35.2 Å². The summed E-state index contributed by atoms with van der Waals surface area (Å²) >= 11 is 0. The maximum atomic E-state index is 10.4. The first-order valence-electron chi connectivity index (χ1n) is 12.1. The van der Waals surface area contributed by atoms with E-state index in [4.69, 9.17) is 4.99 Å². The number of rotatable bonds is 3. The van der Waals surface area contributed by atoms with Crippen LogP contribution >= 0.6 is 0 Å². The van der Waals surface area contributed by atoms with Crippen molar-refractivity contribution in [3.8, 4) is 0 Å². The van der Waals surface area contributed by atoms with E-state index in [9.17, 15) is 5.11 Å². The molecule has 5 rings (SSSR count). The average molecular weight is 395 g/mol. The van der Waals surface area contributed by atoms with Crippen molar-refractivity contribution in [2.75, 3.05) is 7.05 Å². The van der Waals surface area contributed by atoms with E-state index in [1.54, 1.807) is 0 Å². The first kappa shape index (κ1) is 19.6. The van der Waals surface area contributed by atoms with Crippen molar-refractivity contribution >= 4 is 5.84 Å². The molecule has 0 amide bonds. The van der Waals surface area contributed by atoms with Crippen LogP contribution in [0.5, 0.6) is 0 Å². The molecule has 158 valence electrons. The standard InChI is InChI=1S/C26H38N2O/c1-16(18-8-5-4-6-9-18)12-24-23-15-22(23)17(2)27-26(28(24)3)25-19-10-7-11-20(25)14-21(29)13-19/h12,18-21,23,25,29H,1,4-11,13-15H2,2-3H3/b24-12-. The van der Waals surface area contributed by atoms with Gasteiger partial charge in [-0.15, -0.1) is 0 Å². The second kappa shape index (κ2) is 7.72. The van der Waals surface area contributed by atoms with Crippen LogP contribution in [0.25, 0.3) is 0 Å². The lowest BCUT2D eigenvalue weighted by Gasteiger charge is -2.46. The molecule has 3 heteroatoms. The Labute approximate surface area is 176 Å². The Hall–Kier alpha value is -1.35. The van der Waals surface area contributed by atoms with Gasteiger partial charge >= 0.3 is 0 Å². The van der Waals surface area contributed by atoms with Crippen LogP contribution in [0.1, 0.15) is 77.6 Å². The molecular formula is C26H38N2O. The highest BCUT2D eigenvalue weighted by Gasteiger charge is 2.47. The molecule has 2 bridgehead atoms. The predicted molar refractivity (Wildman–Crippen MR) is 119 cm³/mol. The minimum absolute atomic E-state index is 0.104. The highest BCUT2D eigenvalue weighted by atomic mass is 16.3. The van der Waals surface area contributed by atoms with E-state index in [1.807, 2.05) is 0 Å². The minimum atomic E-state index is -0.104. The van der Waals surface area contributed by atoms with Crippen molar-refractivity contribution in [1.29, 1.82) is 0 Å². The molecule has 3 atom stereocenters. The van der Waals surface area contributed by atoms with Gasteiger partial charge in [0.1, 0.15) is 5.84 Å². The Morgan fingerprint density at radius 2 is 1.76 bits per heavy atom. The number of allylic oxidation sites excluding steroid dienone is 4. The molecule has 0 radical (unpaired) electrons. The molecule has 0 aromatic heterocycles.